The summed E-state index contributed by atoms with van der Waals surface area (Å²) in [7, 11) is 0. The van der Waals surface area contributed by atoms with E-state index in [1.807, 2.05) is 34.6 Å². The van der Waals surface area contributed by atoms with Gasteiger partial charge in [-0.15, -0.1) is 0 Å². The average Bonchev–Trinajstić information content (AvgIpc) is 2.12. The van der Waals surface area contributed by atoms with E-state index >= 15 is 0 Å². The van der Waals surface area contributed by atoms with Crippen LogP contribution in [-0.2, 0) is 9.59 Å². The Labute approximate surface area is 115 Å². The first-order valence-electron chi connectivity index (χ1n) is 6.79. The van der Waals surface area contributed by atoms with Gasteiger partial charge in [0.2, 0.25) is 5.91 Å². The number of rotatable bonds is 7. The van der Waals surface area contributed by atoms with Crippen molar-refractivity contribution in [1.82, 2.24) is 5.32 Å². The van der Waals surface area contributed by atoms with Gasteiger partial charge in [0.05, 0.1) is 12.3 Å². The highest BCUT2D eigenvalue weighted by atomic mass is 16.4. The first-order valence-corrected chi connectivity index (χ1v) is 6.79. The Balaban J connectivity index is 4.71. The maximum absolute atomic E-state index is 12.1. The molecule has 0 heterocycles. The van der Waals surface area contributed by atoms with Gasteiger partial charge in [0, 0.05) is 12.6 Å². The van der Waals surface area contributed by atoms with Crippen LogP contribution >= 0.6 is 0 Å². The molecule has 0 rings (SSSR count). The summed E-state index contributed by atoms with van der Waals surface area (Å²) in [6.45, 7) is 10.2. The molecule has 0 spiro atoms. The molecule has 0 radical (unpaired) electrons. The molecule has 0 aromatic carbocycles. The molecule has 0 aromatic rings. The number of amides is 1. The zero-order chi connectivity index (χ0) is 15.2. The highest BCUT2D eigenvalue weighted by molar-refractivity contribution is 5.80. The van der Waals surface area contributed by atoms with Crippen molar-refractivity contribution in [3.8, 4) is 0 Å². The molecular formula is C14H28N2O3. The molecule has 4 N–H and O–H groups in total. The molecule has 2 unspecified atom stereocenters. The van der Waals surface area contributed by atoms with Crippen molar-refractivity contribution < 1.29 is 14.7 Å². The van der Waals surface area contributed by atoms with Crippen molar-refractivity contribution >= 4 is 11.9 Å². The highest BCUT2D eigenvalue weighted by Crippen LogP contribution is 2.22. The van der Waals surface area contributed by atoms with Crippen molar-refractivity contribution in [3.63, 3.8) is 0 Å². The van der Waals surface area contributed by atoms with Gasteiger partial charge < -0.3 is 16.2 Å². The first-order chi connectivity index (χ1) is 8.56. The van der Waals surface area contributed by atoms with Gasteiger partial charge in [0.1, 0.15) is 0 Å². The van der Waals surface area contributed by atoms with Crippen LogP contribution < -0.4 is 11.1 Å². The predicted molar refractivity (Wildman–Crippen MR) is 75.6 cm³/mol. The van der Waals surface area contributed by atoms with Crippen LogP contribution in [0.5, 0.6) is 0 Å². The van der Waals surface area contributed by atoms with Crippen molar-refractivity contribution in [3.05, 3.63) is 0 Å². The van der Waals surface area contributed by atoms with Gasteiger partial charge >= 0.3 is 5.97 Å². The third-order valence-electron chi connectivity index (χ3n) is 3.02. The number of carboxylic acid groups (broad SMARTS) is 1. The van der Waals surface area contributed by atoms with Crippen molar-refractivity contribution in [1.29, 1.82) is 0 Å². The zero-order valence-corrected chi connectivity index (χ0v) is 12.7. The minimum Gasteiger partial charge on any atom is -0.481 e. The Kier molecular flexibility index (Phi) is 7.05. The van der Waals surface area contributed by atoms with Crippen LogP contribution in [0.25, 0.3) is 0 Å². The second-order valence-corrected chi connectivity index (χ2v) is 6.65. The van der Waals surface area contributed by atoms with E-state index < -0.39 is 5.97 Å². The van der Waals surface area contributed by atoms with E-state index in [-0.39, 0.29) is 42.2 Å². The molecule has 0 saturated heterocycles. The van der Waals surface area contributed by atoms with Crippen LogP contribution in [-0.4, -0.2) is 29.6 Å². The number of hydrogen-bond acceptors (Lipinski definition) is 3. The van der Waals surface area contributed by atoms with Crippen LogP contribution in [0, 0.1) is 17.3 Å². The summed E-state index contributed by atoms with van der Waals surface area (Å²) in [6, 6.07) is -0.349. The Morgan fingerprint density at radius 3 is 2.11 bits per heavy atom. The lowest BCUT2D eigenvalue weighted by Gasteiger charge is -2.28. The van der Waals surface area contributed by atoms with E-state index in [9.17, 15) is 9.59 Å². The van der Waals surface area contributed by atoms with Gasteiger partial charge in [-0.05, 0) is 17.8 Å². The number of hydrogen-bond donors (Lipinski definition) is 3. The van der Waals surface area contributed by atoms with Crippen molar-refractivity contribution in [2.24, 2.45) is 23.0 Å². The summed E-state index contributed by atoms with van der Waals surface area (Å²) in [5, 5.41) is 11.8. The summed E-state index contributed by atoms with van der Waals surface area (Å²) in [5.41, 5.74) is 5.56. The second-order valence-electron chi connectivity index (χ2n) is 6.65. The van der Waals surface area contributed by atoms with Gasteiger partial charge in [0.15, 0.2) is 0 Å². The molecule has 0 fully saturated rings. The topological polar surface area (TPSA) is 92.4 Å². The number of nitrogens with one attached hydrogen (secondary N) is 1. The molecule has 0 bridgehead atoms. The van der Waals surface area contributed by atoms with Crippen LogP contribution in [0.15, 0.2) is 0 Å². The fraction of sp³-hybridized carbons (Fsp3) is 0.857. The molecule has 0 saturated carbocycles. The maximum Gasteiger partial charge on any atom is 0.305 e. The summed E-state index contributed by atoms with van der Waals surface area (Å²) >= 11 is 0. The van der Waals surface area contributed by atoms with E-state index in [1.165, 1.54) is 0 Å². The van der Waals surface area contributed by atoms with Crippen LogP contribution in [0.1, 0.15) is 47.5 Å². The van der Waals surface area contributed by atoms with E-state index in [0.29, 0.717) is 6.42 Å². The predicted octanol–water partition coefficient (Wildman–Crippen LogP) is 1.61. The lowest BCUT2D eigenvalue weighted by molar-refractivity contribution is -0.138. The Hall–Kier alpha value is -1.10. The molecule has 0 aliphatic heterocycles. The Morgan fingerprint density at radius 2 is 1.79 bits per heavy atom. The summed E-state index contributed by atoms with van der Waals surface area (Å²) in [6.07, 6.45) is 0.568. The minimum atomic E-state index is -0.900. The Bertz CT molecular complexity index is 308. The van der Waals surface area contributed by atoms with Crippen LogP contribution in [0.3, 0.4) is 0 Å². The minimum absolute atomic E-state index is 0.0383. The molecule has 2 atom stereocenters. The number of nitrogens with two attached hydrogens (primary N) is 1. The number of carbonyl (C=O) groups excluding carboxylic acids is 1. The molecule has 5 heteroatoms. The largest absolute Gasteiger partial charge is 0.481 e. The van der Waals surface area contributed by atoms with Crippen molar-refractivity contribution in [2.45, 2.75) is 53.5 Å². The molecule has 19 heavy (non-hydrogen) atoms. The quantitative estimate of drug-likeness (QED) is 0.656. The molecule has 0 aliphatic carbocycles. The number of aliphatic carboxylic acids is 1. The van der Waals surface area contributed by atoms with Crippen LogP contribution in [0.2, 0.25) is 0 Å². The lowest BCUT2D eigenvalue weighted by Crippen LogP contribution is -2.45. The molecule has 1 amide bonds. The van der Waals surface area contributed by atoms with Crippen molar-refractivity contribution in [2.75, 3.05) is 6.54 Å². The standard InChI is InChI=1S/C14H28N2O3/c1-9(2)11(8-15)13(19)16-10(6-12(17)18)7-14(3,4)5/h9-11H,6-8,15H2,1-5H3,(H,16,19)(H,17,18). The smallest absolute Gasteiger partial charge is 0.305 e. The van der Waals surface area contributed by atoms with Gasteiger partial charge in [-0.2, -0.15) is 0 Å². The summed E-state index contributed by atoms with van der Waals surface area (Å²) in [5.74, 6) is -1.17. The Morgan fingerprint density at radius 1 is 1.26 bits per heavy atom. The van der Waals surface area contributed by atoms with E-state index in [4.69, 9.17) is 10.8 Å². The molecule has 0 aromatic heterocycles. The van der Waals surface area contributed by atoms with Gasteiger partial charge in [-0.1, -0.05) is 34.6 Å². The van der Waals surface area contributed by atoms with E-state index in [0.717, 1.165) is 0 Å². The molecule has 0 aliphatic rings. The van der Waals surface area contributed by atoms with Gasteiger partial charge in [-0.25, -0.2) is 0 Å². The molecule has 112 valence electrons. The summed E-state index contributed by atoms with van der Waals surface area (Å²) < 4.78 is 0. The lowest BCUT2D eigenvalue weighted by atomic mass is 9.86. The third kappa shape index (κ3) is 7.82. The van der Waals surface area contributed by atoms with Crippen LogP contribution in [0.4, 0.5) is 0 Å². The fourth-order valence-electron chi connectivity index (χ4n) is 2.11. The summed E-state index contributed by atoms with van der Waals surface area (Å²) in [4.78, 5) is 23.0. The third-order valence-corrected chi connectivity index (χ3v) is 3.02. The normalized spacial score (nSPS) is 15.1. The second kappa shape index (κ2) is 7.48. The average molecular weight is 272 g/mol. The number of carbonyl (C=O) groups is 2. The first kappa shape index (κ1) is 17.9. The SMILES string of the molecule is CC(C)C(CN)C(=O)NC(CC(=O)O)CC(C)(C)C. The van der Waals surface area contributed by atoms with Gasteiger partial charge in [-0.3, -0.25) is 9.59 Å². The monoisotopic (exact) mass is 272 g/mol. The zero-order valence-electron chi connectivity index (χ0n) is 12.7. The molecular weight excluding hydrogens is 244 g/mol. The maximum atomic E-state index is 12.1. The molecule has 5 nitrogen and oxygen atoms in total. The fourth-order valence-corrected chi connectivity index (χ4v) is 2.11. The van der Waals surface area contributed by atoms with E-state index in [2.05, 4.69) is 5.32 Å². The van der Waals surface area contributed by atoms with E-state index in [1.54, 1.807) is 0 Å². The number of carboxylic acids is 1. The highest BCUT2D eigenvalue weighted by Gasteiger charge is 2.26. The van der Waals surface area contributed by atoms with Gasteiger partial charge in [0.25, 0.3) is 0 Å².